The first kappa shape index (κ1) is 44.7. The normalized spacial score (nSPS) is 13.9. The first-order chi connectivity index (χ1) is 22.7. The Hall–Kier alpha value is -2.29. The molecule has 270 valence electrons. The van der Waals surface area contributed by atoms with E-state index in [9.17, 15) is 19.3 Å². The topological polar surface area (TPSA) is 140 Å². The van der Waals surface area contributed by atoms with Crippen molar-refractivity contribution in [2.45, 2.75) is 148 Å². The molecular weight excluding hydrogens is 619 g/mol. The molecule has 0 spiro atoms. The van der Waals surface area contributed by atoms with E-state index in [-0.39, 0.29) is 19.4 Å². The molecule has 0 unspecified atom stereocenters. The molecule has 3 N–H and O–H groups in total. The predicted octanol–water partition coefficient (Wildman–Crippen LogP) is 9.14. The Bertz CT molecular complexity index is 965. The molecule has 9 nitrogen and oxygen atoms in total. The number of hydrogen-bond acceptors (Lipinski definition) is 7. The molecule has 0 aromatic rings. The summed E-state index contributed by atoms with van der Waals surface area (Å²) >= 11 is 0. The highest BCUT2D eigenvalue weighted by Crippen LogP contribution is 2.35. The van der Waals surface area contributed by atoms with Gasteiger partial charge in [0.2, 0.25) is 0 Å². The molecule has 0 aromatic carbocycles. The number of unbranched alkanes of at least 4 members (excludes halogenated alkanes) is 10. The Morgan fingerprint density at radius 3 is 1.94 bits per heavy atom. The Morgan fingerprint density at radius 2 is 1.23 bits per heavy atom. The largest absolute Gasteiger partial charge is 0.469 e. The Labute approximate surface area is 284 Å². The third-order valence-electron chi connectivity index (χ3n) is 7.11. The molecule has 0 fully saturated rings. The highest BCUT2D eigenvalue weighted by molar-refractivity contribution is 7.46. The van der Waals surface area contributed by atoms with E-state index in [1.807, 2.05) is 12.2 Å². The van der Waals surface area contributed by atoms with Crippen LogP contribution in [0.3, 0.4) is 0 Å². The van der Waals surface area contributed by atoms with Crippen LogP contribution in [0.15, 0.2) is 60.8 Å². The van der Waals surface area contributed by atoms with Crippen LogP contribution >= 0.6 is 7.82 Å². The second-order valence-corrected chi connectivity index (χ2v) is 12.9. The monoisotopic (exact) mass is 682 g/mol. The van der Waals surface area contributed by atoms with Crippen LogP contribution in [0.25, 0.3) is 0 Å². The smallest absolute Gasteiger partial charge is 0.462 e. The van der Waals surface area contributed by atoms with E-state index in [1.54, 1.807) is 12.2 Å². The number of aliphatic hydroxyl groups is 1. The number of carbonyl (C=O) groups is 2. The van der Waals surface area contributed by atoms with Crippen molar-refractivity contribution in [3.63, 3.8) is 0 Å². The van der Waals surface area contributed by atoms with Crippen LogP contribution in [0, 0.1) is 0 Å². The van der Waals surface area contributed by atoms with Gasteiger partial charge in [0.15, 0.2) is 6.10 Å². The number of ether oxygens (including phenoxy) is 2. The summed E-state index contributed by atoms with van der Waals surface area (Å²) in [5, 5.41) is 10.2. The van der Waals surface area contributed by atoms with Gasteiger partial charge in [0, 0.05) is 12.8 Å². The molecule has 0 aromatic heterocycles. The number of rotatable bonds is 31. The van der Waals surface area contributed by atoms with Gasteiger partial charge in [-0.1, -0.05) is 120 Å². The Morgan fingerprint density at radius 1 is 0.660 bits per heavy atom. The maximum absolute atomic E-state index is 12.3. The van der Waals surface area contributed by atoms with E-state index >= 15 is 0 Å². The number of aliphatic hydroxyl groups excluding tert-OH is 1. The summed E-state index contributed by atoms with van der Waals surface area (Å²) in [5.74, 6) is -1.11. The van der Waals surface area contributed by atoms with Crippen molar-refractivity contribution in [1.29, 1.82) is 0 Å². The summed E-state index contributed by atoms with van der Waals surface area (Å²) in [6.45, 7) is 3.41. The minimum atomic E-state index is -4.80. The van der Waals surface area contributed by atoms with Crippen LogP contribution in [0.1, 0.15) is 136 Å². The van der Waals surface area contributed by atoms with Gasteiger partial charge in [-0.25, -0.2) is 4.57 Å². The molecule has 47 heavy (non-hydrogen) atoms. The minimum Gasteiger partial charge on any atom is -0.462 e. The zero-order chi connectivity index (χ0) is 34.9. The third kappa shape index (κ3) is 34.9. The van der Waals surface area contributed by atoms with Crippen molar-refractivity contribution in [2.24, 2.45) is 0 Å². The minimum absolute atomic E-state index is 0.0204. The molecule has 2 atom stereocenters. The van der Waals surface area contributed by atoms with Crippen LogP contribution in [0.5, 0.6) is 0 Å². The van der Waals surface area contributed by atoms with E-state index in [2.05, 4.69) is 54.8 Å². The molecule has 0 aliphatic heterocycles. The SMILES string of the molecule is CCCC/C=C\CCCCCCCC(=O)OC[C@H](COP(=O)(O)O)OC(=O)CCC[C@@H](O)/C=C/C=C\C/C=C\C/C=C\CCCCC. The van der Waals surface area contributed by atoms with E-state index in [0.29, 0.717) is 19.3 Å². The number of allylic oxidation sites excluding steroid dienone is 9. The molecular formula is C37H63O9P. The van der Waals surface area contributed by atoms with Gasteiger partial charge < -0.3 is 24.4 Å². The lowest BCUT2D eigenvalue weighted by atomic mass is 10.1. The second-order valence-electron chi connectivity index (χ2n) is 11.7. The molecule has 0 aliphatic carbocycles. The average Bonchev–Trinajstić information content (AvgIpc) is 3.03. The average molecular weight is 683 g/mol. The van der Waals surface area contributed by atoms with E-state index < -0.39 is 38.6 Å². The van der Waals surface area contributed by atoms with E-state index in [4.69, 9.17) is 19.3 Å². The Kier molecular flexibility index (Phi) is 30.7. The van der Waals surface area contributed by atoms with Crippen molar-refractivity contribution in [2.75, 3.05) is 13.2 Å². The summed E-state index contributed by atoms with van der Waals surface area (Å²) in [7, 11) is -4.80. The van der Waals surface area contributed by atoms with Crippen LogP contribution in [-0.2, 0) is 28.2 Å². The fraction of sp³-hybridized carbons (Fsp3) is 0.676. The van der Waals surface area contributed by atoms with E-state index in [0.717, 1.165) is 57.8 Å². The van der Waals surface area contributed by atoms with Crippen LogP contribution in [0.2, 0.25) is 0 Å². The lowest BCUT2D eigenvalue weighted by Gasteiger charge is -2.18. The number of phosphoric acid groups is 1. The molecule has 0 aliphatic rings. The van der Waals surface area contributed by atoms with Crippen molar-refractivity contribution in [1.82, 2.24) is 0 Å². The van der Waals surface area contributed by atoms with Crippen LogP contribution in [0.4, 0.5) is 0 Å². The van der Waals surface area contributed by atoms with Gasteiger partial charge in [-0.15, -0.1) is 0 Å². The highest BCUT2D eigenvalue weighted by Gasteiger charge is 2.23. The van der Waals surface area contributed by atoms with Gasteiger partial charge in [0.25, 0.3) is 0 Å². The highest BCUT2D eigenvalue weighted by atomic mass is 31.2. The van der Waals surface area contributed by atoms with Crippen LogP contribution < -0.4 is 0 Å². The maximum Gasteiger partial charge on any atom is 0.469 e. The summed E-state index contributed by atoms with van der Waals surface area (Å²) < 4.78 is 26.1. The van der Waals surface area contributed by atoms with Crippen molar-refractivity contribution in [3.8, 4) is 0 Å². The number of phosphoric ester groups is 1. The lowest BCUT2D eigenvalue weighted by Crippen LogP contribution is -2.29. The summed E-state index contributed by atoms with van der Waals surface area (Å²) in [4.78, 5) is 42.6. The predicted molar refractivity (Wildman–Crippen MR) is 190 cm³/mol. The zero-order valence-corrected chi connectivity index (χ0v) is 29.9. The molecule has 0 heterocycles. The number of carbonyl (C=O) groups excluding carboxylic acids is 2. The molecule has 0 bridgehead atoms. The van der Waals surface area contributed by atoms with Gasteiger partial charge in [-0.2, -0.15) is 0 Å². The maximum atomic E-state index is 12.3. The standard InChI is InChI=1S/C37H63O9P/c1-3-5-7-9-11-13-15-16-18-19-21-23-25-28-34(38)29-27-31-37(40)46-35(33-45-47(41,42)43)32-44-36(39)30-26-24-22-20-17-14-12-10-8-6-4-2/h10-13,16,18,21,23,25,28,34-35,38H,3-9,14-15,17,19-20,22,24,26-27,29-33H2,1-2H3,(H2,41,42,43)/b12-10-,13-11-,18-16-,23-21-,28-25+/t34-,35+/m0/s1. The number of hydrogen-bond donors (Lipinski definition) is 3. The van der Waals surface area contributed by atoms with Crippen molar-refractivity contribution < 1.29 is 43.0 Å². The number of esters is 2. The van der Waals surface area contributed by atoms with Crippen molar-refractivity contribution >= 4 is 19.8 Å². The van der Waals surface area contributed by atoms with Gasteiger partial charge >= 0.3 is 19.8 Å². The molecule has 0 saturated carbocycles. The fourth-order valence-electron chi connectivity index (χ4n) is 4.40. The molecule has 0 saturated heterocycles. The first-order valence-electron chi connectivity index (χ1n) is 17.7. The van der Waals surface area contributed by atoms with E-state index in [1.165, 1.54) is 32.1 Å². The lowest BCUT2D eigenvalue weighted by molar-refractivity contribution is -0.161. The molecule has 0 radical (unpaired) electrons. The van der Waals surface area contributed by atoms with Crippen molar-refractivity contribution in [3.05, 3.63) is 60.8 Å². The zero-order valence-electron chi connectivity index (χ0n) is 29.0. The van der Waals surface area contributed by atoms with Crippen LogP contribution in [-0.4, -0.2) is 52.3 Å². The Balaban J connectivity index is 4.26. The second kappa shape index (κ2) is 32.3. The quantitative estimate of drug-likeness (QED) is 0.0215. The first-order valence-corrected chi connectivity index (χ1v) is 19.2. The van der Waals surface area contributed by atoms with Gasteiger partial charge in [-0.3, -0.25) is 14.1 Å². The summed E-state index contributed by atoms with van der Waals surface area (Å²) in [5.41, 5.74) is 0. The van der Waals surface area contributed by atoms with Gasteiger partial charge in [0.1, 0.15) is 6.61 Å². The fourth-order valence-corrected chi connectivity index (χ4v) is 4.76. The van der Waals surface area contributed by atoms with Gasteiger partial charge in [0.05, 0.1) is 12.7 Å². The summed E-state index contributed by atoms with van der Waals surface area (Å²) in [6, 6.07) is 0. The summed E-state index contributed by atoms with van der Waals surface area (Å²) in [6.07, 6.45) is 35.5. The third-order valence-corrected chi connectivity index (χ3v) is 7.60. The molecule has 0 amide bonds. The van der Waals surface area contributed by atoms with Gasteiger partial charge in [-0.05, 0) is 64.2 Å². The molecule has 10 heteroatoms. The molecule has 0 rings (SSSR count).